The Morgan fingerprint density at radius 3 is 1.53 bits per heavy atom. The van der Waals surface area contributed by atoms with E-state index in [0.717, 1.165) is 38.9 Å². The van der Waals surface area contributed by atoms with Crippen molar-refractivity contribution in [2.24, 2.45) is 15.7 Å². The highest BCUT2D eigenvalue weighted by molar-refractivity contribution is 6.11. The number of nitrogens with zero attached hydrogens (tertiary/aromatic N) is 2. The highest BCUT2D eigenvalue weighted by atomic mass is 15.0. The van der Waals surface area contributed by atoms with E-state index >= 15 is 0 Å². The lowest BCUT2D eigenvalue weighted by Gasteiger charge is -2.34. The molecule has 0 bridgehead atoms. The summed E-state index contributed by atoms with van der Waals surface area (Å²) in [6.07, 6.45) is 0. The van der Waals surface area contributed by atoms with Gasteiger partial charge in [0.1, 0.15) is 5.84 Å². The summed E-state index contributed by atoms with van der Waals surface area (Å²) in [5, 5.41) is 0. The van der Waals surface area contributed by atoms with Crippen molar-refractivity contribution in [1.82, 2.24) is 0 Å². The summed E-state index contributed by atoms with van der Waals surface area (Å²) in [5.41, 5.74) is 21.2. The number of fused-ring (bicyclic) bond motifs is 3. The molecule has 8 aromatic rings. The lowest BCUT2D eigenvalue weighted by Crippen LogP contribution is -2.28. The van der Waals surface area contributed by atoms with Gasteiger partial charge >= 0.3 is 0 Å². The molecule has 8 aromatic carbocycles. The predicted molar refractivity (Wildman–Crippen MR) is 228 cm³/mol. The van der Waals surface area contributed by atoms with Gasteiger partial charge in [0.2, 0.25) is 0 Å². The van der Waals surface area contributed by atoms with Crippen LogP contribution in [0, 0.1) is 0 Å². The Labute approximate surface area is 322 Å². The van der Waals surface area contributed by atoms with Crippen LogP contribution >= 0.6 is 0 Å². The molecule has 0 atom stereocenters. The van der Waals surface area contributed by atoms with Crippen molar-refractivity contribution in [3.8, 4) is 33.4 Å². The minimum Gasteiger partial charge on any atom is -0.383 e. The zero-order chi connectivity index (χ0) is 37.0. The van der Waals surface area contributed by atoms with E-state index in [0.29, 0.717) is 18.2 Å². The van der Waals surface area contributed by atoms with Crippen LogP contribution in [0.15, 0.2) is 222 Å². The standard InChI is InChI=1S/C52H39N3/c53-50(42-23-15-21-40(34-42)38-17-5-1-6-18-38)55-51(43-24-16-22-41(35-43)39-19-7-2-8-20-39)54-36-37-31-32-47-46-29-13-14-30-48(46)52(49(47)33-37,44-25-9-3-10-26-44)45-27-11-4-12-28-45/h1-35H,36H2,(H2,53,54,55). The molecule has 0 aliphatic heterocycles. The average molecular weight is 706 g/mol. The fraction of sp³-hybridized carbons (Fsp3) is 0.0385. The van der Waals surface area contributed by atoms with Crippen LogP contribution in [0.5, 0.6) is 0 Å². The number of nitrogens with two attached hydrogens (primary N) is 1. The Bertz CT molecular complexity index is 2620. The smallest absolute Gasteiger partial charge is 0.157 e. The van der Waals surface area contributed by atoms with Crippen molar-refractivity contribution >= 4 is 11.7 Å². The first-order valence-electron chi connectivity index (χ1n) is 18.7. The third-order valence-corrected chi connectivity index (χ3v) is 10.7. The Balaban J connectivity index is 1.17. The van der Waals surface area contributed by atoms with E-state index in [-0.39, 0.29) is 0 Å². The molecule has 0 spiro atoms. The van der Waals surface area contributed by atoms with Crippen LogP contribution in [0.2, 0.25) is 0 Å². The maximum Gasteiger partial charge on any atom is 0.157 e. The second-order valence-corrected chi connectivity index (χ2v) is 13.9. The third kappa shape index (κ3) is 6.36. The van der Waals surface area contributed by atoms with Crippen molar-refractivity contribution in [3.05, 3.63) is 251 Å². The molecule has 2 N–H and O–H groups in total. The van der Waals surface area contributed by atoms with E-state index < -0.39 is 5.41 Å². The van der Waals surface area contributed by atoms with E-state index in [4.69, 9.17) is 15.7 Å². The molecule has 55 heavy (non-hydrogen) atoms. The number of hydrogen-bond donors (Lipinski definition) is 1. The topological polar surface area (TPSA) is 50.7 Å². The predicted octanol–water partition coefficient (Wildman–Crippen LogP) is 11.7. The molecule has 0 unspecified atom stereocenters. The molecule has 1 aliphatic rings. The number of hydrogen-bond acceptors (Lipinski definition) is 1. The molecular weight excluding hydrogens is 667 g/mol. The molecule has 0 amide bonds. The first kappa shape index (κ1) is 33.7. The van der Waals surface area contributed by atoms with Crippen LogP contribution in [-0.4, -0.2) is 11.7 Å². The summed E-state index contributed by atoms with van der Waals surface area (Å²) in [7, 11) is 0. The Morgan fingerprint density at radius 2 is 0.909 bits per heavy atom. The van der Waals surface area contributed by atoms with Gasteiger partial charge in [-0.3, -0.25) is 4.99 Å². The molecule has 0 radical (unpaired) electrons. The molecule has 1 aliphatic carbocycles. The Kier molecular flexibility index (Phi) is 9.03. The first-order valence-corrected chi connectivity index (χ1v) is 18.7. The van der Waals surface area contributed by atoms with Gasteiger partial charge in [-0.25, -0.2) is 4.99 Å². The van der Waals surface area contributed by atoms with Crippen LogP contribution in [0.25, 0.3) is 33.4 Å². The van der Waals surface area contributed by atoms with Crippen LogP contribution in [0.1, 0.15) is 38.9 Å². The van der Waals surface area contributed by atoms with E-state index in [1.165, 1.54) is 33.4 Å². The van der Waals surface area contributed by atoms with Gasteiger partial charge in [-0.2, -0.15) is 0 Å². The van der Waals surface area contributed by atoms with Crippen LogP contribution in [0.4, 0.5) is 0 Å². The molecule has 262 valence electrons. The second kappa shape index (κ2) is 14.7. The van der Waals surface area contributed by atoms with Crippen molar-refractivity contribution in [1.29, 1.82) is 0 Å². The molecule has 0 heterocycles. The fourth-order valence-electron chi connectivity index (χ4n) is 8.08. The zero-order valence-corrected chi connectivity index (χ0v) is 30.4. The van der Waals surface area contributed by atoms with Crippen molar-refractivity contribution in [2.45, 2.75) is 12.0 Å². The normalized spacial score (nSPS) is 13.2. The van der Waals surface area contributed by atoms with E-state index in [2.05, 4.69) is 176 Å². The summed E-state index contributed by atoms with van der Waals surface area (Å²) in [4.78, 5) is 10.3. The third-order valence-electron chi connectivity index (χ3n) is 10.7. The minimum absolute atomic E-state index is 0.415. The lowest BCUT2D eigenvalue weighted by molar-refractivity contribution is 0.766. The number of amidine groups is 2. The summed E-state index contributed by atoms with van der Waals surface area (Å²) >= 11 is 0. The Morgan fingerprint density at radius 1 is 0.418 bits per heavy atom. The second-order valence-electron chi connectivity index (χ2n) is 13.9. The number of aliphatic imine (C=N–C) groups is 2. The van der Waals surface area contributed by atoms with Gasteiger partial charge in [-0.1, -0.05) is 200 Å². The fourth-order valence-corrected chi connectivity index (χ4v) is 8.08. The molecule has 3 heteroatoms. The molecule has 0 fully saturated rings. The monoisotopic (exact) mass is 705 g/mol. The molecule has 3 nitrogen and oxygen atoms in total. The summed E-state index contributed by atoms with van der Waals surface area (Å²) in [6, 6.07) is 74.8. The minimum atomic E-state index is -0.479. The van der Waals surface area contributed by atoms with E-state index in [9.17, 15) is 0 Å². The zero-order valence-electron chi connectivity index (χ0n) is 30.4. The van der Waals surface area contributed by atoms with Crippen molar-refractivity contribution in [2.75, 3.05) is 0 Å². The van der Waals surface area contributed by atoms with Crippen LogP contribution in [0.3, 0.4) is 0 Å². The number of rotatable bonds is 8. The van der Waals surface area contributed by atoms with E-state index in [1.807, 2.05) is 36.4 Å². The van der Waals surface area contributed by atoms with Gasteiger partial charge in [-0.05, 0) is 73.3 Å². The molecule has 9 rings (SSSR count). The van der Waals surface area contributed by atoms with Gasteiger partial charge in [0.25, 0.3) is 0 Å². The molecule has 0 saturated heterocycles. The van der Waals surface area contributed by atoms with Gasteiger partial charge in [0, 0.05) is 11.1 Å². The highest BCUT2D eigenvalue weighted by Crippen LogP contribution is 2.56. The SMILES string of the molecule is NC(=NC(=NCc1ccc2c(c1)C(c1ccccc1)(c1ccccc1)c1ccccc1-2)c1cccc(-c2ccccc2)c1)c1cccc(-c2ccccc2)c1. The summed E-state index contributed by atoms with van der Waals surface area (Å²) in [6.45, 7) is 0.426. The average Bonchev–Trinajstić information content (AvgIpc) is 3.56. The van der Waals surface area contributed by atoms with Gasteiger partial charge in [-0.15, -0.1) is 0 Å². The number of benzene rings is 8. The largest absolute Gasteiger partial charge is 0.383 e. The van der Waals surface area contributed by atoms with Crippen LogP contribution in [-0.2, 0) is 12.0 Å². The summed E-state index contributed by atoms with van der Waals surface area (Å²) in [5.74, 6) is 1.000. The van der Waals surface area contributed by atoms with Gasteiger partial charge < -0.3 is 5.73 Å². The lowest BCUT2D eigenvalue weighted by atomic mass is 9.67. The molecule has 0 aromatic heterocycles. The maximum atomic E-state index is 6.85. The van der Waals surface area contributed by atoms with Gasteiger partial charge in [0.15, 0.2) is 5.84 Å². The first-order chi connectivity index (χ1) is 27.2. The van der Waals surface area contributed by atoms with Crippen LogP contribution < -0.4 is 5.73 Å². The summed E-state index contributed by atoms with van der Waals surface area (Å²) < 4.78 is 0. The molecular formula is C52H39N3. The van der Waals surface area contributed by atoms with Crippen molar-refractivity contribution < 1.29 is 0 Å². The quantitative estimate of drug-likeness (QED) is 0.124. The van der Waals surface area contributed by atoms with Gasteiger partial charge in [0.05, 0.1) is 12.0 Å². The molecule has 0 saturated carbocycles. The maximum absolute atomic E-state index is 6.85. The van der Waals surface area contributed by atoms with E-state index in [1.54, 1.807) is 0 Å². The van der Waals surface area contributed by atoms with Crippen molar-refractivity contribution in [3.63, 3.8) is 0 Å². The highest BCUT2D eigenvalue weighted by Gasteiger charge is 2.45. The Hall–Kier alpha value is -7.10.